The Hall–Kier alpha value is -0.870. The molecule has 0 saturated carbocycles. The lowest BCUT2D eigenvalue weighted by Gasteiger charge is -2.15. The van der Waals surface area contributed by atoms with Crippen molar-refractivity contribution in [3.8, 4) is 0 Å². The summed E-state index contributed by atoms with van der Waals surface area (Å²) in [5.74, 6) is 0.222. The minimum Gasteiger partial charge on any atom is -0.329 e. The molecule has 1 unspecified atom stereocenters. The van der Waals surface area contributed by atoms with Crippen LogP contribution in [0.3, 0.4) is 0 Å². The minimum absolute atomic E-state index is 0.149. The highest BCUT2D eigenvalue weighted by Crippen LogP contribution is 2.22. The van der Waals surface area contributed by atoms with E-state index in [2.05, 4.69) is 0 Å². The molecule has 4 heteroatoms. The molecule has 0 bridgehead atoms. The number of benzene rings is 1. The number of nitrogens with two attached hydrogens (primary N) is 1. The van der Waals surface area contributed by atoms with Crippen LogP contribution in [-0.4, -0.2) is 20.7 Å². The molecule has 0 radical (unpaired) electrons. The van der Waals surface area contributed by atoms with Crippen molar-refractivity contribution in [2.45, 2.75) is 25.0 Å². The monoisotopic (exact) mass is 241 g/mol. The van der Waals surface area contributed by atoms with Gasteiger partial charge < -0.3 is 5.73 Å². The van der Waals surface area contributed by atoms with Crippen LogP contribution in [-0.2, 0) is 9.84 Å². The third-order valence-electron chi connectivity index (χ3n) is 2.60. The number of sulfone groups is 1. The fourth-order valence-electron chi connectivity index (χ4n) is 1.65. The Kier molecular flexibility index (Phi) is 4.96. The molecule has 0 aromatic heterocycles. The van der Waals surface area contributed by atoms with Gasteiger partial charge in [-0.3, -0.25) is 0 Å². The topological polar surface area (TPSA) is 60.2 Å². The molecule has 1 rings (SSSR count). The maximum Gasteiger partial charge on any atom is 0.158 e. The smallest absolute Gasteiger partial charge is 0.158 e. The molecule has 0 amide bonds. The molecule has 2 N–H and O–H groups in total. The van der Waals surface area contributed by atoms with Crippen molar-refractivity contribution in [1.29, 1.82) is 0 Å². The fourth-order valence-corrected chi connectivity index (χ4v) is 3.49. The van der Waals surface area contributed by atoms with Crippen molar-refractivity contribution >= 4 is 9.84 Å². The highest BCUT2D eigenvalue weighted by Gasteiger charge is 2.24. The van der Waals surface area contributed by atoms with Crippen LogP contribution in [0.25, 0.3) is 0 Å². The van der Waals surface area contributed by atoms with Gasteiger partial charge in [0.2, 0.25) is 0 Å². The van der Waals surface area contributed by atoms with Crippen molar-refractivity contribution in [1.82, 2.24) is 0 Å². The van der Waals surface area contributed by atoms with Crippen LogP contribution in [0.2, 0.25) is 0 Å². The first-order chi connectivity index (χ1) is 7.61. The normalized spacial score (nSPS) is 13.6. The molecule has 3 nitrogen and oxygen atoms in total. The summed E-state index contributed by atoms with van der Waals surface area (Å²) in [5.41, 5.74) is 6.38. The molecule has 0 saturated heterocycles. The SMILES string of the molecule is CCCCS(=O)(=O)C(CN)c1ccccc1. The fraction of sp³-hybridized carbons (Fsp3) is 0.500. The second-order valence-electron chi connectivity index (χ2n) is 3.86. The van der Waals surface area contributed by atoms with E-state index < -0.39 is 15.1 Å². The Morgan fingerprint density at radius 2 is 1.88 bits per heavy atom. The van der Waals surface area contributed by atoms with E-state index >= 15 is 0 Å². The first-order valence-electron chi connectivity index (χ1n) is 5.58. The number of hydrogen-bond donors (Lipinski definition) is 1. The maximum absolute atomic E-state index is 12.0. The second-order valence-corrected chi connectivity index (χ2v) is 6.16. The van der Waals surface area contributed by atoms with Crippen molar-refractivity contribution in [2.75, 3.05) is 12.3 Å². The molecular formula is C12H19NO2S. The Labute approximate surface area is 97.6 Å². The Morgan fingerprint density at radius 1 is 1.25 bits per heavy atom. The molecule has 0 heterocycles. The van der Waals surface area contributed by atoms with Gasteiger partial charge >= 0.3 is 0 Å². The van der Waals surface area contributed by atoms with E-state index in [-0.39, 0.29) is 12.3 Å². The summed E-state index contributed by atoms with van der Waals surface area (Å²) in [4.78, 5) is 0. The van der Waals surface area contributed by atoms with E-state index in [1.807, 2.05) is 37.3 Å². The quantitative estimate of drug-likeness (QED) is 0.827. The third-order valence-corrected chi connectivity index (χ3v) is 4.79. The molecule has 0 spiro atoms. The van der Waals surface area contributed by atoms with Gasteiger partial charge in [0.05, 0.1) is 11.0 Å². The van der Waals surface area contributed by atoms with Crippen LogP contribution in [0.5, 0.6) is 0 Å². The van der Waals surface area contributed by atoms with Gasteiger partial charge in [-0.05, 0) is 12.0 Å². The molecule has 1 aromatic rings. The lowest BCUT2D eigenvalue weighted by molar-refractivity contribution is 0.579. The van der Waals surface area contributed by atoms with Gasteiger partial charge in [-0.1, -0.05) is 43.7 Å². The Morgan fingerprint density at radius 3 is 2.38 bits per heavy atom. The molecule has 1 aromatic carbocycles. The lowest BCUT2D eigenvalue weighted by Crippen LogP contribution is -2.24. The van der Waals surface area contributed by atoms with Crippen LogP contribution < -0.4 is 5.73 Å². The van der Waals surface area contributed by atoms with E-state index in [0.29, 0.717) is 6.42 Å². The third kappa shape index (κ3) is 3.32. The average molecular weight is 241 g/mol. The van der Waals surface area contributed by atoms with Crippen molar-refractivity contribution < 1.29 is 8.42 Å². The number of rotatable bonds is 6. The molecule has 90 valence electrons. The second kappa shape index (κ2) is 6.01. The lowest BCUT2D eigenvalue weighted by atomic mass is 10.1. The van der Waals surface area contributed by atoms with Crippen LogP contribution in [0.4, 0.5) is 0 Å². The van der Waals surface area contributed by atoms with Crippen molar-refractivity contribution in [3.63, 3.8) is 0 Å². The summed E-state index contributed by atoms with van der Waals surface area (Å²) in [6, 6.07) is 9.19. The van der Waals surface area contributed by atoms with Gasteiger partial charge in [0.25, 0.3) is 0 Å². The predicted molar refractivity (Wildman–Crippen MR) is 66.9 cm³/mol. The molecule has 0 aliphatic carbocycles. The highest BCUT2D eigenvalue weighted by molar-refractivity contribution is 7.91. The molecule has 0 fully saturated rings. The largest absolute Gasteiger partial charge is 0.329 e. The highest BCUT2D eigenvalue weighted by atomic mass is 32.2. The standard InChI is InChI=1S/C12H19NO2S/c1-2-3-9-16(14,15)12(10-13)11-7-5-4-6-8-11/h4-8,12H,2-3,9-10,13H2,1H3. The Balaban J connectivity index is 2.90. The van der Waals surface area contributed by atoms with E-state index in [0.717, 1.165) is 12.0 Å². The summed E-state index contributed by atoms with van der Waals surface area (Å²) in [7, 11) is -3.11. The first kappa shape index (κ1) is 13.2. The van der Waals surface area contributed by atoms with Crippen LogP contribution in [0.15, 0.2) is 30.3 Å². The predicted octanol–water partition coefficient (Wildman–Crippen LogP) is 1.90. The summed E-state index contributed by atoms with van der Waals surface area (Å²) in [6.45, 7) is 2.13. The van der Waals surface area contributed by atoms with Gasteiger partial charge in [-0.2, -0.15) is 0 Å². The van der Waals surface area contributed by atoms with Gasteiger partial charge in [-0.25, -0.2) is 8.42 Å². The Bertz CT molecular complexity index is 400. The van der Waals surface area contributed by atoms with Gasteiger partial charge in [0.15, 0.2) is 9.84 Å². The first-order valence-corrected chi connectivity index (χ1v) is 7.30. The number of hydrogen-bond acceptors (Lipinski definition) is 3. The van der Waals surface area contributed by atoms with Gasteiger partial charge in [0, 0.05) is 6.54 Å². The van der Waals surface area contributed by atoms with Crippen LogP contribution in [0.1, 0.15) is 30.6 Å². The van der Waals surface area contributed by atoms with Crippen molar-refractivity contribution in [2.24, 2.45) is 5.73 Å². The molecule has 16 heavy (non-hydrogen) atoms. The summed E-state index contributed by atoms with van der Waals surface area (Å²) < 4.78 is 24.1. The molecular weight excluding hydrogens is 222 g/mol. The van der Waals surface area contributed by atoms with Crippen LogP contribution in [0, 0.1) is 0 Å². The van der Waals surface area contributed by atoms with Gasteiger partial charge in [0.1, 0.15) is 0 Å². The molecule has 0 aliphatic rings. The zero-order valence-electron chi connectivity index (χ0n) is 9.59. The van der Waals surface area contributed by atoms with E-state index in [9.17, 15) is 8.42 Å². The summed E-state index contributed by atoms with van der Waals surface area (Å²) in [5, 5.41) is -0.555. The van der Waals surface area contributed by atoms with Crippen molar-refractivity contribution in [3.05, 3.63) is 35.9 Å². The van der Waals surface area contributed by atoms with Crippen LogP contribution >= 0.6 is 0 Å². The van der Waals surface area contributed by atoms with E-state index in [1.165, 1.54) is 0 Å². The minimum atomic E-state index is -3.11. The zero-order chi connectivity index (χ0) is 12.0. The maximum atomic E-state index is 12.0. The summed E-state index contributed by atoms with van der Waals surface area (Å²) in [6.07, 6.45) is 1.58. The number of unbranched alkanes of at least 4 members (excludes halogenated alkanes) is 1. The molecule has 1 atom stereocenters. The van der Waals surface area contributed by atoms with E-state index in [4.69, 9.17) is 5.73 Å². The zero-order valence-corrected chi connectivity index (χ0v) is 10.4. The average Bonchev–Trinajstić information content (AvgIpc) is 2.28. The van der Waals surface area contributed by atoms with E-state index in [1.54, 1.807) is 0 Å². The summed E-state index contributed by atoms with van der Waals surface area (Å²) >= 11 is 0. The molecule has 0 aliphatic heterocycles. The van der Waals surface area contributed by atoms with Gasteiger partial charge in [-0.15, -0.1) is 0 Å².